The Hall–Kier alpha value is -2.69. The van der Waals surface area contributed by atoms with Crippen LogP contribution in [0, 0.1) is 0 Å². The van der Waals surface area contributed by atoms with E-state index < -0.39 is 0 Å². The number of rotatable bonds is 11. The van der Waals surface area contributed by atoms with Crippen LogP contribution >= 0.6 is 0 Å². The number of hydrogen-bond donors (Lipinski definition) is 1. The van der Waals surface area contributed by atoms with Crippen LogP contribution in [-0.2, 0) is 6.54 Å². The average Bonchev–Trinajstić information content (AvgIpc) is 2.67. The Bertz CT molecular complexity index is 922. The minimum atomic E-state index is -0.146. The molecule has 0 aliphatic carbocycles. The van der Waals surface area contributed by atoms with Crippen molar-refractivity contribution in [3.05, 3.63) is 52.9 Å². The molecule has 0 unspecified atom stereocenters. The molecule has 2 aromatic rings. The second kappa shape index (κ2) is 10.7. The molecule has 1 heterocycles. The molecule has 0 radical (unpaired) electrons. The first-order valence-electron chi connectivity index (χ1n) is 10.4. The zero-order valence-corrected chi connectivity index (χ0v) is 18.4. The third-order valence-corrected chi connectivity index (χ3v) is 4.44. The van der Waals surface area contributed by atoms with Crippen molar-refractivity contribution in [1.29, 1.82) is 0 Å². The summed E-state index contributed by atoms with van der Waals surface area (Å²) in [6, 6.07) is 5.99. The van der Waals surface area contributed by atoms with Gasteiger partial charge >= 0.3 is 0 Å². The molecule has 0 amide bonds. The first kappa shape index (κ1) is 22.6. The number of nitrogens with zero attached hydrogens (tertiary/aromatic N) is 1. The van der Waals surface area contributed by atoms with Crippen molar-refractivity contribution in [2.75, 3.05) is 18.5 Å². The van der Waals surface area contributed by atoms with E-state index in [9.17, 15) is 4.79 Å². The summed E-state index contributed by atoms with van der Waals surface area (Å²) in [5.74, 6) is 0.803. The van der Waals surface area contributed by atoms with Crippen LogP contribution in [0.5, 0.6) is 11.5 Å². The van der Waals surface area contributed by atoms with E-state index in [1.807, 2.05) is 62.6 Å². The normalized spacial score (nSPS) is 10.8. The van der Waals surface area contributed by atoms with Crippen LogP contribution in [0.2, 0.25) is 0 Å². The summed E-state index contributed by atoms with van der Waals surface area (Å²) in [5, 5.41) is 4.18. The lowest BCUT2D eigenvalue weighted by atomic mass is 10.1. The number of fused-ring (bicyclic) bond motifs is 1. The number of nitrogens with one attached hydrogen (secondary N) is 1. The molecule has 158 valence electrons. The Morgan fingerprint density at radius 2 is 2.03 bits per heavy atom. The van der Waals surface area contributed by atoms with Crippen molar-refractivity contribution in [3.63, 3.8) is 0 Å². The molecule has 29 heavy (non-hydrogen) atoms. The quantitative estimate of drug-likeness (QED) is 0.506. The molecule has 0 aliphatic rings. The summed E-state index contributed by atoms with van der Waals surface area (Å²) in [5.41, 5.74) is 2.80. The molecular formula is C24H34N2O3. The minimum Gasteiger partial charge on any atom is -0.485 e. The molecule has 0 spiro atoms. The maximum Gasteiger partial charge on any atom is 0.297 e. The van der Waals surface area contributed by atoms with Crippen LogP contribution in [-0.4, -0.2) is 23.8 Å². The van der Waals surface area contributed by atoms with E-state index in [1.54, 1.807) is 0 Å². The van der Waals surface area contributed by atoms with E-state index in [2.05, 4.69) is 18.8 Å². The second-order valence-electron chi connectivity index (χ2n) is 7.63. The minimum absolute atomic E-state index is 0.126. The van der Waals surface area contributed by atoms with Gasteiger partial charge in [0.15, 0.2) is 5.75 Å². The highest BCUT2D eigenvalue weighted by atomic mass is 16.5. The molecule has 0 bridgehead atoms. The van der Waals surface area contributed by atoms with Crippen molar-refractivity contribution in [2.24, 2.45) is 0 Å². The fraction of sp³-hybridized carbons (Fsp3) is 0.458. The molecular weight excluding hydrogens is 364 g/mol. The molecule has 0 aliphatic heterocycles. The van der Waals surface area contributed by atoms with E-state index in [-0.39, 0.29) is 17.4 Å². The van der Waals surface area contributed by atoms with Gasteiger partial charge in [-0.1, -0.05) is 25.0 Å². The summed E-state index contributed by atoms with van der Waals surface area (Å²) in [6.07, 6.45) is 5.59. The van der Waals surface area contributed by atoms with E-state index >= 15 is 0 Å². The van der Waals surface area contributed by atoms with Gasteiger partial charge in [-0.2, -0.15) is 0 Å². The van der Waals surface area contributed by atoms with Gasteiger partial charge in [-0.05, 0) is 58.4 Å². The summed E-state index contributed by atoms with van der Waals surface area (Å²) in [7, 11) is 0. The van der Waals surface area contributed by atoms with Gasteiger partial charge < -0.3 is 19.4 Å². The van der Waals surface area contributed by atoms with E-state index in [1.165, 1.54) is 0 Å². The monoisotopic (exact) mass is 398 g/mol. The van der Waals surface area contributed by atoms with Crippen molar-refractivity contribution in [2.45, 2.75) is 60.1 Å². The maximum atomic E-state index is 13.4. The lowest BCUT2D eigenvalue weighted by Gasteiger charge is -2.20. The van der Waals surface area contributed by atoms with Gasteiger partial charge in [0.2, 0.25) is 5.75 Å². The number of allylic oxidation sites excluding steroid dienone is 1. The molecule has 1 aromatic carbocycles. The summed E-state index contributed by atoms with van der Waals surface area (Å²) < 4.78 is 13.8. The third-order valence-electron chi connectivity index (χ3n) is 4.44. The molecule has 0 saturated carbocycles. The Kier molecular flexibility index (Phi) is 8.37. The number of anilines is 1. The largest absolute Gasteiger partial charge is 0.485 e. The number of ether oxygens (including phenoxy) is 2. The van der Waals surface area contributed by atoms with Gasteiger partial charge in [0.25, 0.3) is 5.56 Å². The molecule has 1 N–H and O–H groups in total. The number of aryl methyl sites for hydroxylation is 1. The number of unbranched alkanes of at least 4 members (excludes halogenated alkanes) is 1. The number of hydrogen-bond acceptors (Lipinski definition) is 4. The third kappa shape index (κ3) is 5.89. The highest BCUT2D eigenvalue weighted by molar-refractivity contribution is 5.90. The lowest BCUT2D eigenvalue weighted by molar-refractivity contribution is 0.222. The summed E-state index contributed by atoms with van der Waals surface area (Å²) >= 11 is 0. The van der Waals surface area contributed by atoms with Crippen molar-refractivity contribution in [3.8, 4) is 11.5 Å². The Balaban J connectivity index is 2.71. The van der Waals surface area contributed by atoms with Crippen LogP contribution in [0.1, 0.15) is 47.5 Å². The number of pyridine rings is 1. The summed E-state index contributed by atoms with van der Waals surface area (Å²) in [6.45, 7) is 15.4. The van der Waals surface area contributed by atoms with Crippen LogP contribution in [0.25, 0.3) is 10.9 Å². The fourth-order valence-electron chi connectivity index (χ4n) is 3.01. The number of aromatic nitrogens is 1. The smallest absolute Gasteiger partial charge is 0.297 e. The van der Waals surface area contributed by atoms with Crippen LogP contribution in [0.3, 0.4) is 0 Å². The van der Waals surface area contributed by atoms with Crippen molar-refractivity contribution < 1.29 is 9.47 Å². The van der Waals surface area contributed by atoms with E-state index in [4.69, 9.17) is 9.47 Å². The second-order valence-corrected chi connectivity index (χ2v) is 7.63. The molecule has 1 aromatic heterocycles. The zero-order valence-electron chi connectivity index (χ0n) is 18.4. The van der Waals surface area contributed by atoms with Gasteiger partial charge in [-0.3, -0.25) is 4.79 Å². The molecule has 0 atom stereocenters. The zero-order chi connectivity index (χ0) is 21.4. The lowest BCUT2D eigenvalue weighted by Crippen LogP contribution is -2.25. The van der Waals surface area contributed by atoms with Gasteiger partial charge in [-0.15, -0.1) is 6.58 Å². The molecule has 5 heteroatoms. The molecule has 0 saturated heterocycles. The Morgan fingerprint density at radius 1 is 1.28 bits per heavy atom. The standard InChI is InChI=1S/C24H34N2O3/c1-7-9-14-26-21-16-19(25-13-8-2)10-11-20(21)22(28-15-12-17(3)4)23(24(26)27)29-18(5)6/h8,10-12,16,18,25H,2,7,9,13-15H2,1,3-6H3. The predicted molar refractivity (Wildman–Crippen MR) is 122 cm³/mol. The highest BCUT2D eigenvalue weighted by Gasteiger charge is 2.20. The van der Waals surface area contributed by atoms with Gasteiger partial charge in [0.1, 0.15) is 6.61 Å². The molecule has 0 fully saturated rings. The Morgan fingerprint density at radius 3 is 2.66 bits per heavy atom. The van der Waals surface area contributed by atoms with Crippen LogP contribution < -0.4 is 20.3 Å². The van der Waals surface area contributed by atoms with Crippen LogP contribution in [0.15, 0.2) is 47.3 Å². The van der Waals surface area contributed by atoms with Gasteiger partial charge in [0.05, 0.1) is 11.6 Å². The fourth-order valence-corrected chi connectivity index (χ4v) is 3.01. The topological polar surface area (TPSA) is 52.5 Å². The van der Waals surface area contributed by atoms with E-state index in [0.717, 1.165) is 35.0 Å². The first-order valence-corrected chi connectivity index (χ1v) is 10.4. The van der Waals surface area contributed by atoms with Crippen LogP contribution in [0.4, 0.5) is 5.69 Å². The first-order chi connectivity index (χ1) is 13.9. The van der Waals surface area contributed by atoms with E-state index in [0.29, 0.717) is 25.4 Å². The maximum absolute atomic E-state index is 13.4. The molecule has 2 rings (SSSR count). The molecule has 5 nitrogen and oxygen atoms in total. The average molecular weight is 399 g/mol. The Labute approximate surface area is 174 Å². The highest BCUT2D eigenvalue weighted by Crippen LogP contribution is 2.35. The SMILES string of the molecule is C=CCNc1ccc2c(OCC=C(C)C)c(OC(C)C)c(=O)n(CCCC)c2c1. The number of benzene rings is 1. The van der Waals surface area contributed by atoms with Crippen molar-refractivity contribution >= 4 is 16.6 Å². The van der Waals surface area contributed by atoms with Gasteiger partial charge in [-0.25, -0.2) is 0 Å². The predicted octanol–water partition coefficient (Wildman–Crippen LogP) is 5.53. The van der Waals surface area contributed by atoms with Gasteiger partial charge in [0, 0.05) is 24.2 Å². The van der Waals surface area contributed by atoms with Crippen molar-refractivity contribution in [1.82, 2.24) is 4.57 Å². The summed E-state index contributed by atoms with van der Waals surface area (Å²) in [4.78, 5) is 13.4.